The van der Waals surface area contributed by atoms with Crippen LogP contribution in [0.15, 0.2) is 59.3 Å². The zero-order valence-electron chi connectivity index (χ0n) is 10.1. The molecule has 2 rings (SSSR count). The second-order valence-electron chi connectivity index (χ2n) is 4.03. The van der Waals surface area contributed by atoms with Crippen molar-refractivity contribution in [3.8, 4) is 0 Å². The Hall–Kier alpha value is -1.64. The summed E-state index contributed by atoms with van der Waals surface area (Å²) in [4.78, 5) is 0. The van der Waals surface area contributed by atoms with Crippen molar-refractivity contribution < 1.29 is 5.11 Å². The summed E-state index contributed by atoms with van der Waals surface area (Å²) < 4.78 is 0. The van der Waals surface area contributed by atoms with E-state index >= 15 is 0 Å². The molecule has 0 spiro atoms. The summed E-state index contributed by atoms with van der Waals surface area (Å²) in [6.45, 7) is 0.107. The van der Waals surface area contributed by atoms with Crippen molar-refractivity contribution in [2.24, 2.45) is 0 Å². The fraction of sp³-hybridized carbons (Fsp3) is 0.125. The first kappa shape index (κ1) is 12.8. The molecule has 92 valence electrons. The lowest BCUT2D eigenvalue weighted by atomic mass is 10.1. The number of allylic oxidation sites excluding steroid dienone is 3. The molecule has 0 fully saturated rings. The molecule has 0 saturated heterocycles. The number of aliphatic hydroxyl groups excluding tert-OH is 1. The van der Waals surface area contributed by atoms with Gasteiger partial charge in [-0.05, 0) is 39.9 Å². The van der Waals surface area contributed by atoms with Crippen molar-refractivity contribution in [1.82, 2.24) is 0 Å². The molecule has 1 heterocycles. The molecule has 0 aliphatic carbocycles. The molecule has 1 aromatic carbocycles. The molecule has 2 aromatic rings. The van der Waals surface area contributed by atoms with Crippen LogP contribution < -0.4 is 0 Å². The van der Waals surface area contributed by atoms with Gasteiger partial charge >= 0.3 is 0 Å². The van der Waals surface area contributed by atoms with E-state index in [1.807, 2.05) is 18.2 Å². The minimum absolute atomic E-state index is 0.107. The summed E-state index contributed by atoms with van der Waals surface area (Å²) in [5.74, 6) is 0. The molecule has 18 heavy (non-hydrogen) atoms. The van der Waals surface area contributed by atoms with Gasteiger partial charge in [-0.1, -0.05) is 48.6 Å². The van der Waals surface area contributed by atoms with Gasteiger partial charge in [-0.25, -0.2) is 0 Å². The number of benzene rings is 1. The summed E-state index contributed by atoms with van der Waals surface area (Å²) in [5.41, 5.74) is 3.43. The average Bonchev–Trinajstić information content (AvgIpc) is 2.92. The van der Waals surface area contributed by atoms with Crippen LogP contribution in [0.5, 0.6) is 0 Å². The quantitative estimate of drug-likeness (QED) is 0.800. The zero-order chi connectivity index (χ0) is 12.6. The monoisotopic (exact) mass is 256 g/mol. The van der Waals surface area contributed by atoms with Crippen LogP contribution in [-0.4, -0.2) is 5.11 Å². The van der Waals surface area contributed by atoms with Gasteiger partial charge in [-0.3, -0.25) is 0 Å². The highest BCUT2D eigenvalue weighted by Crippen LogP contribution is 2.08. The van der Waals surface area contributed by atoms with Crippen molar-refractivity contribution in [2.45, 2.75) is 13.0 Å². The first-order chi connectivity index (χ1) is 8.88. The Morgan fingerprint density at radius 3 is 2.78 bits per heavy atom. The third kappa shape index (κ3) is 3.99. The fourth-order valence-electron chi connectivity index (χ4n) is 1.67. The van der Waals surface area contributed by atoms with Crippen LogP contribution >= 0.6 is 11.3 Å². The van der Waals surface area contributed by atoms with Crippen molar-refractivity contribution in [1.29, 1.82) is 0 Å². The number of thiophene rings is 1. The molecule has 1 aromatic heterocycles. The van der Waals surface area contributed by atoms with E-state index < -0.39 is 0 Å². The molecule has 0 atom stereocenters. The van der Waals surface area contributed by atoms with Gasteiger partial charge in [0.05, 0.1) is 6.61 Å². The topological polar surface area (TPSA) is 20.2 Å². The van der Waals surface area contributed by atoms with E-state index in [2.05, 4.69) is 47.2 Å². The minimum Gasteiger partial charge on any atom is -0.392 e. The minimum atomic E-state index is 0.107. The van der Waals surface area contributed by atoms with Gasteiger partial charge in [0.15, 0.2) is 0 Å². The first-order valence-electron chi connectivity index (χ1n) is 5.92. The van der Waals surface area contributed by atoms with Crippen LogP contribution in [0.25, 0.3) is 6.08 Å². The summed E-state index contributed by atoms with van der Waals surface area (Å²) >= 11 is 1.71. The first-order valence-corrected chi connectivity index (χ1v) is 6.87. The highest BCUT2D eigenvalue weighted by Gasteiger charge is 1.92. The van der Waals surface area contributed by atoms with Crippen LogP contribution in [0.3, 0.4) is 0 Å². The van der Waals surface area contributed by atoms with E-state index in [4.69, 9.17) is 5.11 Å². The van der Waals surface area contributed by atoms with Crippen LogP contribution in [0.2, 0.25) is 0 Å². The second kappa shape index (κ2) is 6.94. The SMILES string of the molecule is OCc1cccc(C/C=C/C=C/c2ccsc2)c1. The molecule has 1 N–H and O–H groups in total. The highest BCUT2D eigenvalue weighted by molar-refractivity contribution is 7.08. The van der Waals surface area contributed by atoms with E-state index in [0.717, 1.165) is 12.0 Å². The Labute approximate surface area is 112 Å². The molecule has 0 amide bonds. The van der Waals surface area contributed by atoms with Gasteiger partial charge in [-0.2, -0.15) is 11.3 Å². The van der Waals surface area contributed by atoms with Crippen molar-refractivity contribution in [2.75, 3.05) is 0 Å². The highest BCUT2D eigenvalue weighted by atomic mass is 32.1. The summed E-state index contributed by atoms with van der Waals surface area (Å²) in [7, 11) is 0. The molecule has 0 saturated carbocycles. The molecule has 2 heteroatoms. The van der Waals surface area contributed by atoms with E-state index in [0.29, 0.717) is 0 Å². The normalized spacial score (nSPS) is 11.6. The van der Waals surface area contributed by atoms with E-state index in [1.165, 1.54) is 11.1 Å². The third-order valence-electron chi connectivity index (χ3n) is 2.61. The van der Waals surface area contributed by atoms with Crippen LogP contribution in [0.4, 0.5) is 0 Å². The molecule has 1 nitrogen and oxygen atoms in total. The number of rotatable bonds is 5. The standard InChI is InChI=1S/C16H16OS/c17-12-16-8-4-7-14(11-16)5-2-1-3-6-15-9-10-18-13-15/h1-4,6-11,13,17H,5,12H2/b2-1+,6-3+. The van der Waals surface area contributed by atoms with Crippen LogP contribution in [0.1, 0.15) is 16.7 Å². The number of hydrogen-bond donors (Lipinski definition) is 1. The summed E-state index contributed by atoms with van der Waals surface area (Å²) in [5, 5.41) is 13.2. The van der Waals surface area contributed by atoms with Gasteiger partial charge in [0, 0.05) is 0 Å². The van der Waals surface area contributed by atoms with Crippen LogP contribution in [0, 0.1) is 0 Å². The Morgan fingerprint density at radius 2 is 2.00 bits per heavy atom. The largest absolute Gasteiger partial charge is 0.392 e. The second-order valence-corrected chi connectivity index (χ2v) is 4.81. The van der Waals surface area contributed by atoms with Gasteiger partial charge in [-0.15, -0.1) is 0 Å². The lowest BCUT2D eigenvalue weighted by Gasteiger charge is -1.99. The van der Waals surface area contributed by atoms with Crippen LogP contribution in [-0.2, 0) is 13.0 Å². The zero-order valence-corrected chi connectivity index (χ0v) is 10.9. The predicted molar refractivity (Wildman–Crippen MR) is 78.6 cm³/mol. The summed E-state index contributed by atoms with van der Waals surface area (Å²) in [6, 6.07) is 10.1. The smallest absolute Gasteiger partial charge is 0.0681 e. The van der Waals surface area contributed by atoms with E-state index in [-0.39, 0.29) is 6.61 Å². The lowest BCUT2D eigenvalue weighted by molar-refractivity contribution is 0.282. The maximum absolute atomic E-state index is 9.05. The van der Waals surface area contributed by atoms with E-state index in [9.17, 15) is 0 Å². The Bertz CT molecular complexity index is 524. The maximum atomic E-state index is 9.05. The molecule has 0 unspecified atom stereocenters. The van der Waals surface area contributed by atoms with Crippen molar-refractivity contribution >= 4 is 17.4 Å². The molecule has 0 radical (unpaired) electrons. The predicted octanol–water partition coefficient (Wildman–Crippen LogP) is 4.05. The molecule has 0 aliphatic heterocycles. The fourth-order valence-corrected chi connectivity index (χ4v) is 2.30. The Kier molecular flexibility index (Phi) is 4.94. The van der Waals surface area contributed by atoms with Gasteiger partial charge in [0.2, 0.25) is 0 Å². The summed E-state index contributed by atoms with van der Waals surface area (Å²) in [6.07, 6.45) is 9.22. The Morgan fingerprint density at radius 1 is 1.11 bits per heavy atom. The lowest BCUT2D eigenvalue weighted by Crippen LogP contribution is -1.86. The Balaban J connectivity index is 1.87. The number of aliphatic hydroxyl groups is 1. The third-order valence-corrected chi connectivity index (χ3v) is 3.31. The van der Waals surface area contributed by atoms with E-state index in [1.54, 1.807) is 11.3 Å². The number of hydrogen-bond acceptors (Lipinski definition) is 2. The molecule has 0 aliphatic rings. The van der Waals surface area contributed by atoms with Crippen molar-refractivity contribution in [3.63, 3.8) is 0 Å². The molecular weight excluding hydrogens is 240 g/mol. The van der Waals surface area contributed by atoms with Gasteiger partial charge in [0.1, 0.15) is 0 Å². The maximum Gasteiger partial charge on any atom is 0.0681 e. The van der Waals surface area contributed by atoms with Gasteiger partial charge < -0.3 is 5.11 Å². The average molecular weight is 256 g/mol. The molecular formula is C16H16OS. The van der Waals surface area contributed by atoms with Gasteiger partial charge in [0.25, 0.3) is 0 Å². The van der Waals surface area contributed by atoms with Crippen molar-refractivity contribution in [3.05, 3.63) is 76.0 Å². The molecule has 0 bridgehead atoms.